The van der Waals surface area contributed by atoms with Gasteiger partial charge in [0, 0.05) is 16.5 Å². The molecule has 3 atom stereocenters. The van der Waals surface area contributed by atoms with Crippen molar-refractivity contribution in [1.29, 1.82) is 0 Å². The van der Waals surface area contributed by atoms with Crippen molar-refractivity contribution in [3.05, 3.63) is 35.4 Å². The lowest BCUT2D eigenvalue weighted by atomic mass is 9.95. The Balaban J connectivity index is 2.37. The summed E-state index contributed by atoms with van der Waals surface area (Å²) >= 11 is 2.07. The molecule has 1 aromatic rings. The van der Waals surface area contributed by atoms with E-state index in [1.54, 1.807) is 0 Å². The summed E-state index contributed by atoms with van der Waals surface area (Å²) in [6.07, 6.45) is 0. The maximum Gasteiger partial charge on any atom is 0.0441 e. The van der Waals surface area contributed by atoms with Gasteiger partial charge in [0.15, 0.2) is 0 Å². The fourth-order valence-electron chi connectivity index (χ4n) is 2.39. The van der Waals surface area contributed by atoms with Crippen LogP contribution in [-0.2, 0) is 0 Å². The molecule has 0 bridgehead atoms. The van der Waals surface area contributed by atoms with Crippen LogP contribution in [0.5, 0.6) is 0 Å². The number of fused-ring (bicyclic) bond motifs is 1. The van der Waals surface area contributed by atoms with E-state index in [-0.39, 0.29) is 0 Å². The number of nitrogens with one attached hydrogen (secondary N) is 1. The summed E-state index contributed by atoms with van der Waals surface area (Å²) in [6.45, 7) is 7.85. The van der Waals surface area contributed by atoms with Gasteiger partial charge >= 0.3 is 0 Å². The van der Waals surface area contributed by atoms with Crippen molar-refractivity contribution in [3.63, 3.8) is 0 Å². The standard InChI is InChI=1S/C13H19NS/c1-4-14-13-10(3)15-9(2)11-7-5-6-8-12(11)13/h5-10,13-14H,4H2,1-3H3. The molecule has 1 aliphatic rings. The molecule has 3 unspecified atom stereocenters. The second kappa shape index (κ2) is 4.58. The second-order valence-corrected chi connectivity index (χ2v) is 5.87. The largest absolute Gasteiger partial charge is 0.309 e. The van der Waals surface area contributed by atoms with Gasteiger partial charge in [0.2, 0.25) is 0 Å². The summed E-state index contributed by atoms with van der Waals surface area (Å²) in [6, 6.07) is 9.36. The van der Waals surface area contributed by atoms with Crippen molar-refractivity contribution in [1.82, 2.24) is 5.32 Å². The van der Waals surface area contributed by atoms with E-state index in [4.69, 9.17) is 0 Å². The number of hydrogen-bond acceptors (Lipinski definition) is 2. The van der Waals surface area contributed by atoms with E-state index in [0.717, 1.165) is 6.54 Å². The maximum absolute atomic E-state index is 3.59. The summed E-state index contributed by atoms with van der Waals surface area (Å²) in [7, 11) is 0. The second-order valence-electron chi connectivity index (χ2n) is 4.15. The molecule has 0 radical (unpaired) electrons. The van der Waals surface area contributed by atoms with Crippen molar-refractivity contribution < 1.29 is 0 Å². The zero-order valence-corrected chi connectivity index (χ0v) is 10.5. The highest BCUT2D eigenvalue weighted by Crippen LogP contribution is 2.45. The molecule has 1 aliphatic heterocycles. The Labute approximate surface area is 96.7 Å². The summed E-state index contributed by atoms with van der Waals surface area (Å²) in [4.78, 5) is 0. The molecule has 0 aromatic heterocycles. The summed E-state index contributed by atoms with van der Waals surface area (Å²) < 4.78 is 0. The number of hydrogen-bond donors (Lipinski definition) is 1. The quantitative estimate of drug-likeness (QED) is 0.820. The summed E-state index contributed by atoms with van der Waals surface area (Å²) in [5.41, 5.74) is 3.00. The highest BCUT2D eigenvalue weighted by Gasteiger charge is 2.29. The monoisotopic (exact) mass is 221 g/mol. The van der Waals surface area contributed by atoms with Crippen LogP contribution in [0.1, 0.15) is 43.2 Å². The van der Waals surface area contributed by atoms with Crippen LogP contribution in [0.2, 0.25) is 0 Å². The van der Waals surface area contributed by atoms with Crippen molar-refractivity contribution in [2.24, 2.45) is 0 Å². The molecule has 15 heavy (non-hydrogen) atoms. The maximum atomic E-state index is 3.59. The molecule has 1 nitrogen and oxygen atoms in total. The Morgan fingerprint density at radius 3 is 2.53 bits per heavy atom. The van der Waals surface area contributed by atoms with Gasteiger partial charge in [-0.2, -0.15) is 0 Å². The van der Waals surface area contributed by atoms with Gasteiger partial charge in [-0.25, -0.2) is 0 Å². The SMILES string of the molecule is CCNC1c2ccccc2C(C)SC1C. The topological polar surface area (TPSA) is 12.0 Å². The fraction of sp³-hybridized carbons (Fsp3) is 0.538. The molecule has 1 heterocycles. The van der Waals surface area contributed by atoms with Gasteiger partial charge in [-0.05, 0) is 24.6 Å². The zero-order valence-electron chi connectivity index (χ0n) is 9.66. The number of thioether (sulfide) groups is 1. The van der Waals surface area contributed by atoms with Crippen molar-refractivity contribution in [3.8, 4) is 0 Å². The molecule has 2 heteroatoms. The van der Waals surface area contributed by atoms with Gasteiger partial charge in [-0.15, -0.1) is 11.8 Å². The molecule has 82 valence electrons. The van der Waals surface area contributed by atoms with E-state index >= 15 is 0 Å². The molecule has 0 amide bonds. The molecule has 0 spiro atoms. The normalized spacial score (nSPS) is 29.9. The molecule has 0 fully saturated rings. The van der Waals surface area contributed by atoms with Crippen LogP contribution in [0, 0.1) is 0 Å². The van der Waals surface area contributed by atoms with Crippen molar-refractivity contribution in [2.75, 3.05) is 6.54 Å². The number of rotatable bonds is 2. The van der Waals surface area contributed by atoms with E-state index in [1.165, 1.54) is 11.1 Å². The summed E-state index contributed by atoms with van der Waals surface area (Å²) in [5.74, 6) is 0. The predicted molar refractivity (Wildman–Crippen MR) is 68.3 cm³/mol. The van der Waals surface area contributed by atoms with E-state index in [2.05, 4.69) is 62.1 Å². The third kappa shape index (κ3) is 2.06. The first-order valence-corrected chi connectivity index (χ1v) is 6.66. The van der Waals surface area contributed by atoms with Crippen molar-refractivity contribution in [2.45, 2.75) is 37.3 Å². The van der Waals surface area contributed by atoms with Crippen LogP contribution in [0.3, 0.4) is 0 Å². The molecule has 1 aromatic carbocycles. The lowest BCUT2D eigenvalue weighted by Crippen LogP contribution is -2.32. The average molecular weight is 221 g/mol. The Kier molecular flexibility index (Phi) is 3.37. The van der Waals surface area contributed by atoms with E-state index in [0.29, 0.717) is 16.5 Å². The van der Waals surface area contributed by atoms with Crippen LogP contribution in [-0.4, -0.2) is 11.8 Å². The predicted octanol–water partition coefficient (Wildman–Crippen LogP) is 3.53. The Morgan fingerprint density at radius 2 is 1.87 bits per heavy atom. The Morgan fingerprint density at radius 1 is 1.20 bits per heavy atom. The lowest BCUT2D eigenvalue weighted by Gasteiger charge is -2.35. The summed E-state index contributed by atoms with van der Waals surface area (Å²) in [5, 5.41) is 4.88. The van der Waals surface area contributed by atoms with Gasteiger partial charge < -0.3 is 5.32 Å². The third-order valence-corrected chi connectivity index (χ3v) is 4.44. The molecular weight excluding hydrogens is 202 g/mol. The minimum Gasteiger partial charge on any atom is -0.309 e. The van der Waals surface area contributed by atoms with Crippen LogP contribution in [0.25, 0.3) is 0 Å². The van der Waals surface area contributed by atoms with Crippen molar-refractivity contribution >= 4 is 11.8 Å². The fourth-order valence-corrected chi connectivity index (χ4v) is 3.79. The van der Waals surface area contributed by atoms with Gasteiger partial charge in [-0.3, -0.25) is 0 Å². The molecule has 0 saturated carbocycles. The first-order chi connectivity index (χ1) is 7.24. The third-order valence-electron chi connectivity index (χ3n) is 3.08. The van der Waals surface area contributed by atoms with E-state index < -0.39 is 0 Å². The molecule has 0 aliphatic carbocycles. The minimum atomic E-state index is 0.521. The zero-order chi connectivity index (χ0) is 10.8. The Hall–Kier alpha value is -0.470. The highest BCUT2D eigenvalue weighted by molar-refractivity contribution is 8.00. The lowest BCUT2D eigenvalue weighted by molar-refractivity contribution is 0.535. The van der Waals surface area contributed by atoms with E-state index in [1.807, 2.05) is 0 Å². The minimum absolute atomic E-state index is 0.521. The first kappa shape index (κ1) is 11.0. The van der Waals surface area contributed by atoms with Crippen LogP contribution in [0.15, 0.2) is 24.3 Å². The van der Waals surface area contributed by atoms with Crippen LogP contribution in [0.4, 0.5) is 0 Å². The smallest absolute Gasteiger partial charge is 0.0441 e. The average Bonchev–Trinajstić information content (AvgIpc) is 2.24. The van der Waals surface area contributed by atoms with Crippen LogP contribution < -0.4 is 5.32 Å². The highest BCUT2D eigenvalue weighted by atomic mass is 32.2. The van der Waals surface area contributed by atoms with Gasteiger partial charge in [-0.1, -0.05) is 38.1 Å². The molecule has 1 N–H and O–H groups in total. The number of benzene rings is 1. The van der Waals surface area contributed by atoms with Crippen LogP contribution >= 0.6 is 11.8 Å². The molecular formula is C13H19NS. The molecule has 0 saturated heterocycles. The van der Waals surface area contributed by atoms with E-state index in [9.17, 15) is 0 Å². The Bertz CT molecular complexity index is 337. The first-order valence-electron chi connectivity index (χ1n) is 5.71. The van der Waals surface area contributed by atoms with Gasteiger partial charge in [0.25, 0.3) is 0 Å². The van der Waals surface area contributed by atoms with Gasteiger partial charge in [0.1, 0.15) is 0 Å². The molecule has 2 rings (SSSR count). The van der Waals surface area contributed by atoms with Gasteiger partial charge in [0.05, 0.1) is 0 Å².